The molecule has 0 aliphatic carbocycles. The fourth-order valence-electron chi connectivity index (χ4n) is 8.78. The first-order valence-electron chi connectivity index (χ1n) is 18.8. The van der Waals surface area contributed by atoms with Crippen molar-refractivity contribution in [3.05, 3.63) is 188 Å². The molecule has 0 spiro atoms. The fraction of sp³-hybridized carbons (Fsp3) is 0.0204. The van der Waals surface area contributed by atoms with Gasteiger partial charge >= 0.3 is 0 Å². The zero-order chi connectivity index (χ0) is 37.2. The highest BCUT2D eigenvalue weighted by Gasteiger charge is 2.47. The van der Waals surface area contributed by atoms with Crippen molar-refractivity contribution in [2.75, 3.05) is 0 Å². The molecule has 5 nitrogen and oxygen atoms in total. The van der Waals surface area contributed by atoms with E-state index in [1.54, 1.807) is 0 Å². The zero-order valence-electron chi connectivity index (χ0n) is 30.5. The number of rotatable bonds is 6. The number of ether oxygens (including phenoxy) is 1. The van der Waals surface area contributed by atoms with Crippen molar-refractivity contribution < 1.29 is 4.74 Å². The Morgan fingerprint density at radius 3 is 2.11 bits per heavy atom. The van der Waals surface area contributed by atoms with Crippen LogP contribution in [0.1, 0.15) is 0 Å². The van der Waals surface area contributed by atoms with Crippen LogP contribution in [0, 0.1) is 0 Å². The molecule has 0 saturated carbocycles. The molecule has 7 heteroatoms. The van der Waals surface area contributed by atoms with E-state index >= 15 is 0 Å². The standard InChI is InChI=1S/C49H34N4OSSi/c1-52-41-25-9-8-24-40(41)51-48(52)33-15-12-17-35(31-33)54-36-18-13-16-34(32-36)53-42-28-29-45-47(46(42)39-23-14-30-50-49(39)53)55-43-26-10-11-27-44(43)56(45,37-19-4-2-5-20-37)38-21-6-3-7-22-38/h2-32H,1H3. The number of aromatic nitrogens is 4. The van der Waals surface area contributed by atoms with E-state index in [1.165, 1.54) is 35.9 Å². The molecule has 11 rings (SSSR count). The number of hydrogen-bond acceptors (Lipinski definition) is 4. The molecule has 0 radical (unpaired) electrons. The molecular weight excluding hydrogens is 721 g/mol. The van der Waals surface area contributed by atoms with Crippen LogP contribution < -0.4 is 25.5 Å². The molecule has 7 aromatic carbocycles. The minimum atomic E-state index is -2.72. The van der Waals surface area contributed by atoms with E-state index in [1.807, 2.05) is 54.4 Å². The Hall–Kier alpha value is -6.67. The lowest BCUT2D eigenvalue weighted by Gasteiger charge is -2.40. The van der Waals surface area contributed by atoms with E-state index < -0.39 is 8.07 Å². The SMILES string of the molecule is Cn1c(-c2cccc(Oc3cccc(-n4c5ccc6c(c5c5cccnc54)Sc4ccccc4[Si]6(c4ccccc4)c4ccccc4)c3)c2)nc2ccccc21. The summed E-state index contributed by atoms with van der Waals surface area (Å²) >= 11 is 1.90. The summed E-state index contributed by atoms with van der Waals surface area (Å²) in [7, 11) is -0.666. The van der Waals surface area contributed by atoms with Crippen molar-refractivity contribution in [3.8, 4) is 28.6 Å². The van der Waals surface area contributed by atoms with Gasteiger partial charge in [0.25, 0.3) is 0 Å². The third-order valence-electron chi connectivity index (χ3n) is 11.2. The van der Waals surface area contributed by atoms with Gasteiger partial charge in [-0.25, -0.2) is 9.97 Å². The van der Waals surface area contributed by atoms with Gasteiger partial charge in [0.15, 0.2) is 8.07 Å². The third-order valence-corrected chi connectivity index (χ3v) is 17.6. The van der Waals surface area contributed by atoms with Gasteiger partial charge in [0.2, 0.25) is 0 Å². The van der Waals surface area contributed by atoms with Crippen LogP contribution in [0.4, 0.5) is 0 Å². The summed E-state index contributed by atoms with van der Waals surface area (Å²) in [5, 5.41) is 7.97. The van der Waals surface area contributed by atoms with Gasteiger partial charge in [-0.2, -0.15) is 0 Å². The number of fused-ring (bicyclic) bond motifs is 7. The topological polar surface area (TPSA) is 44.9 Å². The van der Waals surface area contributed by atoms with Gasteiger partial charge in [-0.3, -0.25) is 4.57 Å². The van der Waals surface area contributed by atoms with Crippen molar-refractivity contribution in [3.63, 3.8) is 0 Å². The van der Waals surface area contributed by atoms with Gasteiger partial charge in [-0.15, -0.1) is 0 Å². The average molecular weight is 755 g/mol. The van der Waals surface area contributed by atoms with Crippen molar-refractivity contribution >= 4 is 73.6 Å². The summed E-state index contributed by atoms with van der Waals surface area (Å²) in [6.45, 7) is 0. The highest BCUT2D eigenvalue weighted by atomic mass is 32.2. The van der Waals surface area contributed by atoms with E-state index in [0.29, 0.717) is 0 Å². The first-order valence-corrected chi connectivity index (χ1v) is 21.6. The molecule has 1 aliphatic heterocycles. The number of para-hydroxylation sites is 2. The Kier molecular flexibility index (Phi) is 7.59. The maximum atomic E-state index is 6.60. The summed E-state index contributed by atoms with van der Waals surface area (Å²) in [4.78, 5) is 12.6. The van der Waals surface area contributed by atoms with Gasteiger partial charge in [0.05, 0.1) is 22.2 Å². The van der Waals surface area contributed by atoms with Crippen LogP contribution in [-0.4, -0.2) is 27.2 Å². The lowest BCUT2D eigenvalue weighted by atomic mass is 10.2. The van der Waals surface area contributed by atoms with E-state index in [9.17, 15) is 0 Å². The Morgan fingerprint density at radius 2 is 1.30 bits per heavy atom. The zero-order valence-corrected chi connectivity index (χ0v) is 32.3. The van der Waals surface area contributed by atoms with Crippen LogP contribution >= 0.6 is 11.8 Å². The van der Waals surface area contributed by atoms with Gasteiger partial charge in [-0.1, -0.05) is 127 Å². The van der Waals surface area contributed by atoms with Crippen LogP contribution in [0.25, 0.3) is 50.0 Å². The molecule has 1 aliphatic rings. The van der Waals surface area contributed by atoms with Gasteiger partial charge < -0.3 is 9.30 Å². The molecule has 0 bridgehead atoms. The van der Waals surface area contributed by atoms with E-state index in [2.05, 4.69) is 162 Å². The molecular formula is C49H34N4OSSi. The minimum Gasteiger partial charge on any atom is -0.457 e. The highest BCUT2D eigenvalue weighted by molar-refractivity contribution is 8.00. The molecule has 266 valence electrons. The second-order valence-electron chi connectivity index (χ2n) is 14.2. The number of nitrogens with zero attached hydrogens (tertiary/aromatic N) is 4. The number of imidazole rings is 1. The molecule has 0 fully saturated rings. The number of pyridine rings is 1. The van der Waals surface area contributed by atoms with Crippen molar-refractivity contribution in [1.82, 2.24) is 19.1 Å². The molecule has 4 heterocycles. The smallest absolute Gasteiger partial charge is 0.181 e. The summed E-state index contributed by atoms with van der Waals surface area (Å²) in [5.41, 5.74) is 6.10. The van der Waals surface area contributed by atoms with Crippen molar-refractivity contribution in [2.24, 2.45) is 7.05 Å². The first-order chi connectivity index (χ1) is 27.7. The predicted octanol–water partition coefficient (Wildman–Crippen LogP) is 9.37. The quantitative estimate of drug-likeness (QED) is 0.159. The summed E-state index contributed by atoms with van der Waals surface area (Å²) < 4.78 is 11.0. The van der Waals surface area contributed by atoms with Gasteiger partial charge in [-0.05, 0) is 81.4 Å². The lowest BCUT2D eigenvalue weighted by molar-refractivity contribution is 0.482. The molecule has 0 amide bonds. The van der Waals surface area contributed by atoms with E-state index in [0.717, 1.165) is 56.2 Å². The summed E-state index contributed by atoms with van der Waals surface area (Å²) in [6.07, 6.45) is 1.90. The molecule has 0 N–H and O–H groups in total. The highest BCUT2D eigenvalue weighted by Crippen LogP contribution is 2.42. The Balaban J connectivity index is 1.08. The van der Waals surface area contributed by atoms with Crippen LogP contribution in [-0.2, 0) is 7.05 Å². The molecule has 56 heavy (non-hydrogen) atoms. The second kappa shape index (κ2) is 13.0. The Bertz CT molecular complexity index is 3080. The van der Waals surface area contributed by atoms with Crippen molar-refractivity contribution in [2.45, 2.75) is 9.79 Å². The van der Waals surface area contributed by atoms with E-state index in [-0.39, 0.29) is 0 Å². The van der Waals surface area contributed by atoms with E-state index in [4.69, 9.17) is 14.7 Å². The maximum Gasteiger partial charge on any atom is 0.181 e. The summed E-state index contributed by atoms with van der Waals surface area (Å²) in [5.74, 6) is 2.40. The largest absolute Gasteiger partial charge is 0.457 e. The van der Waals surface area contributed by atoms with Crippen molar-refractivity contribution in [1.29, 1.82) is 0 Å². The van der Waals surface area contributed by atoms with Gasteiger partial charge in [0.1, 0.15) is 23.0 Å². The Morgan fingerprint density at radius 1 is 0.589 bits per heavy atom. The third kappa shape index (κ3) is 4.94. The van der Waals surface area contributed by atoms with Crippen LogP contribution in [0.3, 0.4) is 0 Å². The molecule has 10 aromatic rings. The van der Waals surface area contributed by atoms with Gasteiger partial charge in [0, 0.05) is 45.4 Å². The molecule has 0 atom stereocenters. The number of benzene rings is 7. The Labute approximate surface area is 329 Å². The lowest BCUT2D eigenvalue weighted by Crippen LogP contribution is -2.76. The first kappa shape index (κ1) is 32.7. The second-order valence-corrected chi connectivity index (χ2v) is 19.0. The molecule has 3 aromatic heterocycles. The minimum absolute atomic E-state index is 0.747. The normalized spacial score (nSPS) is 13.2. The number of aryl methyl sites for hydroxylation is 1. The fourth-order valence-corrected chi connectivity index (χ4v) is 15.9. The number of hydrogen-bond donors (Lipinski definition) is 0. The maximum absolute atomic E-state index is 6.60. The summed E-state index contributed by atoms with van der Waals surface area (Å²) in [6, 6.07) is 65.2. The molecule has 0 saturated heterocycles. The molecule has 0 unspecified atom stereocenters. The van der Waals surface area contributed by atoms with Crippen LogP contribution in [0.15, 0.2) is 198 Å². The predicted molar refractivity (Wildman–Crippen MR) is 233 cm³/mol. The van der Waals surface area contributed by atoms with Crippen LogP contribution in [0.5, 0.6) is 11.5 Å². The monoisotopic (exact) mass is 754 g/mol. The van der Waals surface area contributed by atoms with Crippen LogP contribution in [0.2, 0.25) is 0 Å². The average Bonchev–Trinajstić information content (AvgIpc) is 3.78.